The molecule has 1 fully saturated rings. The molecule has 2 rings (SSSR count). The first kappa shape index (κ1) is 16.9. The molecule has 122 valence electrons. The van der Waals surface area contributed by atoms with E-state index < -0.39 is 10.0 Å². The van der Waals surface area contributed by atoms with Crippen LogP contribution in [0.25, 0.3) is 0 Å². The molecule has 1 aliphatic rings. The molecule has 0 radical (unpaired) electrons. The second-order valence-electron chi connectivity index (χ2n) is 5.66. The fraction of sp³-hybridized carbons (Fsp3) is 0.533. The second-order valence-corrected chi connectivity index (χ2v) is 7.23. The summed E-state index contributed by atoms with van der Waals surface area (Å²) in [6.07, 6.45) is 5.30. The highest BCUT2D eigenvalue weighted by Gasteiger charge is 2.16. The molecule has 0 aromatic heterocycles. The van der Waals surface area contributed by atoms with Gasteiger partial charge in [-0.3, -0.25) is 4.79 Å². The number of hydrogen-bond acceptors (Lipinski definition) is 4. The van der Waals surface area contributed by atoms with Crippen LogP contribution in [-0.2, 0) is 21.2 Å². The molecule has 1 aromatic rings. The van der Waals surface area contributed by atoms with Crippen molar-refractivity contribution in [3.63, 3.8) is 0 Å². The predicted octanol–water partition coefficient (Wildman–Crippen LogP) is 0.525. The van der Waals surface area contributed by atoms with Crippen molar-refractivity contribution in [3.8, 4) is 0 Å². The Morgan fingerprint density at radius 3 is 2.41 bits per heavy atom. The molecule has 7 heteroatoms. The minimum atomic E-state index is -3.64. The Balaban J connectivity index is 1.67. The Hall–Kier alpha value is -1.44. The zero-order valence-corrected chi connectivity index (χ0v) is 13.4. The highest BCUT2D eigenvalue weighted by molar-refractivity contribution is 7.89. The molecule has 1 saturated carbocycles. The van der Waals surface area contributed by atoms with E-state index in [-0.39, 0.29) is 10.8 Å². The molecule has 0 heterocycles. The summed E-state index contributed by atoms with van der Waals surface area (Å²) in [5.41, 5.74) is 0.996. The Morgan fingerprint density at radius 1 is 1.18 bits per heavy atom. The van der Waals surface area contributed by atoms with E-state index >= 15 is 0 Å². The third-order valence-corrected chi connectivity index (χ3v) is 4.78. The number of nitrogens with two attached hydrogens (primary N) is 1. The maximum Gasteiger partial charge on any atom is 0.238 e. The predicted molar refractivity (Wildman–Crippen MR) is 84.8 cm³/mol. The number of carbonyl (C=O) groups excluding carboxylic acids is 1. The van der Waals surface area contributed by atoms with E-state index in [9.17, 15) is 13.2 Å². The van der Waals surface area contributed by atoms with Crippen molar-refractivity contribution in [2.45, 2.75) is 43.0 Å². The van der Waals surface area contributed by atoms with Gasteiger partial charge in [0, 0.05) is 6.04 Å². The maximum absolute atomic E-state index is 11.7. The summed E-state index contributed by atoms with van der Waals surface area (Å²) < 4.78 is 22.3. The first-order valence-electron chi connectivity index (χ1n) is 7.57. The lowest BCUT2D eigenvalue weighted by Gasteiger charge is -2.12. The van der Waals surface area contributed by atoms with E-state index in [1.165, 1.54) is 25.0 Å². The van der Waals surface area contributed by atoms with Gasteiger partial charge in [-0.15, -0.1) is 0 Å². The minimum absolute atomic E-state index is 0.0384. The minimum Gasteiger partial charge on any atom is -0.352 e. The van der Waals surface area contributed by atoms with Crippen LogP contribution >= 0.6 is 0 Å². The SMILES string of the molecule is NS(=O)(=O)c1ccc(CCNCC(=O)NC2CCCC2)cc1. The molecule has 6 nitrogen and oxygen atoms in total. The second kappa shape index (κ2) is 7.71. The van der Waals surface area contributed by atoms with Crippen molar-refractivity contribution in [2.24, 2.45) is 5.14 Å². The van der Waals surface area contributed by atoms with Crippen LogP contribution in [0.1, 0.15) is 31.2 Å². The van der Waals surface area contributed by atoms with E-state index in [2.05, 4.69) is 10.6 Å². The zero-order valence-electron chi connectivity index (χ0n) is 12.5. The highest BCUT2D eigenvalue weighted by atomic mass is 32.2. The van der Waals surface area contributed by atoms with E-state index in [1.807, 2.05) is 0 Å². The third kappa shape index (κ3) is 5.40. The average Bonchev–Trinajstić information content (AvgIpc) is 2.96. The van der Waals surface area contributed by atoms with Crippen LogP contribution < -0.4 is 15.8 Å². The summed E-state index contributed by atoms with van der Waals surface area (Å²) >= 11 is 0. The lowest BCUT2D eigenvalue weighted by atomic mass is 10.1. The smallest absolute Gasteiger partial charge is 0.238 e. The molecular weight excluding hydrogens is 302 g/mol. The molecular formula is C15H23N3O3S. The highest BCUT2D eigenvalue weighted by Crippen LogP contribution is 2.17. The standard InChI is InChI=1S/C15H23N3O3S/c16-22(20,21)14-7-5-12(6-8-14)9-10-17-11-15(19)18-13-3-1-2-4-13/h5-8,13,17H,1-4,9-11H2,(H,18,19)(H2,16,20,21). The van der Waals surface area contributed by atoms with Gasteiger partial charge >= 0.3 is 0 Å². The number of rotatable bonds is 7. The van der Waals surface area contributed by atoms with Crippen LogP contribution in [0.3, 0.4) is 0 Å². The third-order valence-electron chi connectivity index (χ3n) is 3.85. The number of benzene rings is 1. The number of primary sulfonamides is 1. The topological polar surface area (TPSA) is 101 Å². The van der Waals surface area contributed by atoms with Crippen LogP contribution in [0.15, 0.2) is 29.2 Å². The van der Waals surface area contributed by atoms with Gasteiger partial charge in [-0.2, -0.15) is 0 Å². The quantitative estimate of drug-likeness (QED) is 0.636. The van der Waals surface area contributed by atoms with Gasteiger partial charge in [-0.1, -0.05) is 25.0 Å². The van der Waals surface area contributed by atoms with Crippen LogP contribution in [0.5, 0.6) is 0 Å². The fourth-order valence-electron chi connectivity index (χ4n) is 2.63. The van der Waals surface area contributed by atoms with Crippen molar-refractivity contribution >= 4 is 15.9 Å². The van der Waals surface area contributed by atoms with Crippen LogP contribution in [0.4, 0.5) is 0 Å². The molecule has 22 heavy (non-hydrogen) atoms. The fourth-order valence-corrected chi connectivity index (χ4v) is 3.14. The van der Waals surface area contributed by atoms with Crippen molar-refractivity contribution in [3.05, 3.63) is 29.8 Å². The molecule has 0 atom stereocenters. The van der Waals surface area contributed by atoms with Crippen molar-refractivity contribution in [1.82, 2.24) is 10.6 Å². The summed E-state index contributed by atoms with van der Waals surface area (Å²) in [6.45, 7) is 0.971. The van der Waals surface area contributed by atoms with Gasteiger partial charge in [0.15, 0.2) is 0 Å². The first-order chi connectivity index (χ1) is 10.4. The van der Waals surface area contributed by atoms with Crippen LogP contribution in [0, 0.1) is 0 Å². The molecule has 0 spiro atoms. The summed E-state index contributed by atoms with van der Waals surface area (Å²) in [5.74, 6) is 0.0384. The van der Waals surface area contributed by atoms with Crippen molar-refractivity contribution in [2.75, 3.05) is 13.1 Å². The largest absolute Gasteiger partial charge is 0.352 e. The normalized spacial score (nSPS) is 15.9. The van der Waals surface area contributed by atoms with E-state index in [1.54, 1.807) is 12.1 Å². The van der Waals surface area contributed by atoms with Crippen molar-refractivity contribution in [1.29, 1.82) is 0 Å². The van der Waals surface area contributed by atoms with Gasteiger partial charge in [-0.25, -0.2) is 13.6 Å². The number of amides is 1. The lowest BCUT2D eigenvalue weighted by molar-refractivity contribution is -0.120. The Labute approximate surface area is 131 Å². The molecule has 0 bridgehead atoms. The summed E-state index contributed by atoms with van der Waals surface area (Å²) in [5, 5.41) is 11.2. The lowest BCUT2D eigenvalue weighted by Crippen LogP contribution is -2.39. The van der Waals surface area contributed by atoms with Gasteiger partial charge < -0.3 is 10.6 Å². The van der Waals surface area contributed by atoms with Gasteiger partial charge in [0.25, 0.3) is 0 Å². The molecule has 0 unspecified atom stereocenters. The summed E-state index contributed by atoms with van der Waals surface area (Å²) in [4.78, 5) is 11.8. The number of hydrogen-bond donors (Lipinski definition) is 3. The van der Waals surface area contributed by atoms with Crippen LogP contribution in [0.2, 0.25) is 0 Å². The van der Waals surface area contributed by atoms with Crippen LogP contribution in [-0.4, -0.2) is 33.5 Å². The number of nitrogens with one attached hydrogen (secondary N) is 2. The van der Waals surface area contributed by atoms with E-state index in [4.69, 9.17) is 5.14 Å². The van der Waals surface area contributed by atoms with E-state index in [0.29, 0.717) is 19.1 Å². The van der Waals surface area contributed by atoms with E-state index in [0.717, 1.165) is 24.8 Å². The molecule has 4 N–H and O–H groups in total. The zero-order chi connectivity index (χ0) is 16.0. The van der Waals surface area contributed by atoms with Gasteiger partial charge in [0.2, 0.25) is 15.9 Å². The Morgan fingerprint density at radius 2 is 1.82 bits per heavy atom. The molecule has 1 amide bonds. The summed E-state index contributed by atoms with van der Waals surface area (Å²) in [7, 11) is -3.64. The monoisotopic (exact) mass is 325 g/mol. The van der Waals surface area contributed by atoms with Crippen molar-refractivity contribution < 1.29 is 13.2 Å². The number of sulfonamides is 1. The van der Waals surface area contributed by atoms with Gasteiger partial charge in [-0.05, 0) is 43.5 Å². The van der Waals surface area contributed by atoms with Gasteiger partial charge in [0.1, 0.15) is 0 Å². The molecule has 0 saturated heterocycles. The summed E-state index contributed by atoms with van der Waals surface area (Å²) in [6, 6.07) is 6.81. The number of carbonyl (C=O) groups is 1. The van der Waals surface area contributed by atoms with Gasteiger partial charge in [0.05, 0.1) is 11.4 Å². The average molecular weight is 325 g/mol. The Bertz CT molecular complexity index is 593. The Kier molecular flexibility index (Phi) is 5.93. The maximum atomic E-state index is 11.7. The molecule has 0 aliphatic heterocycles. The molecule has 1 aromatic carbocycles. The molecule has 1 aliphatic carbocycles. The first-order valence-corrected chi connectivity index (χ1v) is 9.11.